The first kappa shape index (κ1) is 13.2. The number of ether oxygens (including phenoxy) is 1. The lowest BCUT2D eigenvalue weighted by Gasteiger charge is -2.03. The van der Waals surface area contributed by atoms with Crippen LogP contribution in [0.25, 0.3) is 11.5 Å². The molecule has 2 aromatic rings. The molecule has 1 saturated carbocycles. The van der Waals surface area contributed by atoms with Gasteiger partial charge in [-0.25, -0.2) is 9.78 Å². The Hall–Kier alpha value is -1.82. The fraction of sp³-hybridized carbons (Fsp3) is 0.286. The van der Waals surface area contributed by atoms with E-state index < -0.39 is 5.97 Å². The smallest absolute Gasteiger partial charge is 0.373 e. The number of carboxylic acid groups (broad SMARTS) is 1. The molecule has 0 atom stereocenters. The van der Waals surface area contributed by atoms with Gasteiger partial charge in [0.2, 0.25) is 11.7 Å². The zero-order valence-corrected chi connectivity index (χ0v) is 12.3. The van der Waals surface area contributed by atoms with Crippen LogP contribution in [0.1, 0.15) is 35.0 Å². The van der Waals surface area contributed by atoms with E-state index in [1.54, 1.807) is 19.2 Å². The molecule has 1 N–H and O–H groups in total. The molecule has 0 aliphatic heterocycles. The molecule has 0 amide bonds. The van der Waals surface area contributed by atoms with E-state index in [4.69, 9.17) is 9.15 Å². The van der Waals surface area contributed by atoms with Crippen LogP contribution in [0, 0.1) is 0 Å². The Morgan fingerprint density at radius 1 is 1.50 bits per heavy atom. The van der Waals surface area contributed by atoms with E-state index in [9.17, 15) is 9.90 Å². The van der Waals surface area contributed by atoms with Gasteiger partial charge in [-0.15, -0.1) is 0 Å². The van der Waals surface area contributed by atoms with Crippen molar-refractivity contribution in [3.8, 4) is 17.2 Å². The van der Waals surface area contributed by atoms with Gasteiger partial charge in [0.05, 0.1) is 18.4 Å². The molecule has 0 unspecified atom stereocenters. The molecule has 1 heterocycles. The minimum atomic E-state index is -1.08. The summed E-state index contributed by atoms with van der Waals surface area (Å²) in [5.74, 6) is 0.0335. The average Bonchev–Trinajstić information content (AvgIpc) is 3.18. The van der Waals surface area contributed by atoms with Crippen molar-refractivity contribution in [2.45, 2.75) is 18.8 Å². The summed E-state index contributed by atoms with van der Waals surface area (Å²) in [7, 11) is 1.57. The predicted molar refractivity (Wildman–Crippen MR) is 75.1 cm³/mol. The third kappa shape index (κ3) is 2.31. The molecule has 5 nitrogen and oxygen atoms in total. The maximum atomic E-state index is 11.2. The largest absolute Gasteiger partial charge is 0.497 e. The number of rotatable bonds is 4. The van der Waals surface area contributed by atoms with Crippen LogP contribution in [0.15, 0.2) is 27.1 Å². The summed E-state index contributed by atoms with van der Waals surface area (Å²) in [6.45, 7) is 0. The first-order valence-electron chi connectivity index (χ1n) is 6.18. The third-order valence-corrected chi connectivity index (χ3v) is 3.91. The van der Waals surface area contributed by atoms with Crippen molar-refractivity contribution in [2.24, 2.45) is 0 Å². The molecule has 1 aromatic carbocycles. The first-order valence-corrected chi connectivity index (χ1v) is 6.97. The zero-order valence-electron chi connectivity index (χ0n) is 10.7. The third-order valence-electron chi connectivity index (χ3n) is 3.22. The lowest BCUT2D eigenvalue weighted by Crippen LogP contribution is -1.98. The van der Waals surface area contributed by atoms with Crippen LogP contribution in [-0.2, 0) is 0 Å². The van der Waals surface area contributed by atoms with Gasteiger partial charge in [-0.1, -0.05) is 0 Å². The molecule has 6 heteroatoms. The van der Waals surface area contributed by atoms with Crippen molar-refractivity contribution in [3.63, 3.8) is 0 Å². The molecule has 1 aromatic heterocycles. The van der Waals surface area contributed by atoms with Gasteiger partial charge in [-0.05, 0) is 47.0 Å². The SMILES string of the molecule is COc1ccc(Br)c(-c2nc(C3CC3)c(C(=O)O)o2)c1. The highest BCUT2D eigenvalue weighted by Gasteiger charge is 2.34. The van der Waals surface area contributed by atoms with Crippen LogP contribution in [0.2, 0.25) is 0 Å². The van der Waals surface area contributed by atoms with Crippen molar-refractivity contribution in [2.75, 3.05) is 7.11 Å². The summed E-state index contributed by atoms with van der Waals surface area (Å²) in [5.41, 5.74) is 1.22. The van der Waals surface area contributed by atoms with Gasteiger partial charge in [-0.3, -0.25) is 0 Å². The van der Waals surface area contributed by atoms with Gasteiger partial charge in [0.1, 0.15) is 5.75 Å². The standard InChI is InChI=1S/C14H12BrNO4/c1-19-8-4-5-10(15)9(6-8)13-16-11(7-2-3-7)12(20-13)14(17)18/h4-7H,2-3H2,1H3,(H,17,18). The molecule has 1 fully saturated rings. The summed E-state index contributed by atoms with van der Waals surface area (Å²) in [6.07, 6.45) is 1.93. The van der Waals surface area contributed by atoms with E-state index in [1.165, 1.54) is 0 Å². The monoisotopic (exact) mass is 337 g/mol. The van der Waals surface area contributed by atoms with Crippen LogP contribution in [0.5, 0.6) is 5.75 Å². The number of benzene rings is 1. The summed E-state index contributed by atoms with van der Waals surface area (Å²) < 4.78 is 11.4. The highest BCUT2D eigenvalue weighted by molar-refractivity contribution is 9.10. The van der Waals surface area contributed by atoms with E-state index >= 15 is 0 Å². The second-order valence-corrected chi connectivity index (χ2v) is 5.51. The number of methoxy groups -OCH3 is 1. The molecule has 104 valence electrons. The number of oxazole rings is 1. The number of aromatic nitrogens is 1. The summed E-state index contributed by atoms with van der Waals surface area (Å²) >= 11 is 3.42. The number of hydrogen-bond acceptors (Lipinski definition) is 4. The van der Waals surface area contributed by atoms with Gasteiger partial charge < -0.3 is 14.3 Å². The predicted octanol–water partition coefficient (Wildman–Crippen LogP) is 3.69. The van der Waals surface area contributed by atoms with Crippen molar-refractivity contribution in [3.05, 3.63) is 34.1 Å². The summed E-state index contributed by atoms with van der Waals surface area (Å²) in [6, 6.07) is 5.38. The molecular formula is C14H12BrNO4. The van der Waals surface area contributed by atoms with E-state index in [1.807, 2.05) is 6.07 Å². The van der Waals surface area contributed by atoms with Gasteiger partial charge in [0.15, 0.2) is 0 Å². The maximum absolute atomic E-state index is 11.2. The maximum Gasteiger partial charge on any atom is 0.373 e. The number of carbonyl (C=O) groups is 1. The second kappa shape index (κ2) is 4.94. The van der Waals surface area contributed by atoms with Crippen molar-refractivity contribution in [1.29, 1.82) is 0 Å². The first-order chi connectivity index (χ1) is 9.60. The minimum Gasteiger partial charge on any atom is -0.497 e. The zero-order chi connectivity index (χ0) is 14.3. The van der Waals surface area contributed by atoms with Gasteiger partial charge in [0, 0.05) is 10.4 Å². The highest BCUT2D eigenvalue weighted by atomic mass is 79.9. The number of aromatic carboxylic acids is 1. The molecule has 0 spiro atoms. The van der Waals surface area contributed by atoms with Crippen LogP contribution in [0.4, 0.5) is 0 Å². The Labute approximate surface area is 123 Å². The minimum absolute atomic E-state index is 0.0581. The van der Waals surface area contributed by atoms with E-state index in [0.717, 1.165) is 17.3 Å². The van der Waals surface area contributed by atoms with Gasteiger partial charge in [-0.2, -0.15) is 0 Å². The fourth-order valence-electron chi connectivity index (χ4n) is 2.03. The van der Waals surface area contributed by atoms with Crippen LogP contribution in [-0.4, -0.2) is 23.2 Å². The number of hydrogen-bond donors (Lipinski definition) is 1. The Morgan fingerprint density at radius 2 is 2.25 bits per heavy atom. The molecule has 3 rings (SSSR count). The van der Waals surface area contributed by atoms with Crippen LogP contribution >= 0.6 is 15.9 Å². The van der Waals surface area contributed by atoms with E-state index in [2.05, 4.69) is 20.9 Å². The quantitative estimate of drug-likeness (QED) is 0.920. The van der Waals surface area contributed by atoms with Crippen LogP contribution in [0.3, 0.4) is 0 Å². The molecule has 1 aliphatic rings. The Morgan fingerprint density at radius 3 is 2.85 bits per heavy atom. The second-order valence-electron chi connectivity index (χ2n) is 4.66. The summed E-state index contributed by atoms with van der Waals surface area (Å²) in [5, 5.41) is 9.20. The van der Waals surface area contributed by atoms with Crippen molar-refractivity contribution >= 4 is 21.9 Å². The lowest BCUT2D eigenvalue weighted by molar-refractivity contribution is 0.0661. The molecule has 20 heavy (non-hydrogen) atoms. The summed E-state index contributed by atoms with van der Waals surface area (Å²) in [4.78, 5) is 15.6. The van der Waals surface area contributed by atoms with Gasteiger partial charge >= 0.3 is 5.97 Å². The Bertz CT molecular complexity index is 676. The molecule has 1 aliphatic carbocycles. The lowest BCUT2D eigenvalue weighted by atomic mass is 10.2. The van der Waals surface area contributed by atoms with Gasteiger partial charge in [0.25, 0.3) is 0 Å². The topological polar surface area (TPSA) is 72.6 Å². The van der Waals surface area contributed by atoms with E-state index in [-0.39, 0.29) is 11.7 Å². The highest BCUT2D eigenvalue weighted by Crippen LogP contribution is 2.43. The molecular weight excluding hydrogens is 326 g/mol. The number of halogens is 1. The Kier molecular flexibility index (Phi) is 3.25. The number of nitrogens with zero attached hydrogens (tertiary/aromatic N) is 1. The number of carboxylic acids is 1. The molecule has 0 saturated heterocycles. The van der Waals surface area contributed by atoms with Crippen LogP contribution < -0.4 is 4.74 Å². The van der Waals surface area contributed by atoms with Crippen molar-refractivity contribution in [1.82, 2.24) is 4.98 Å². The fourth-order valence-corrected chi connectivity index (χ4v) is 2.45. The normalized spacial score (nSPS) is 14.3. The average molecular weight is 338 g/mol. The van der Waals surface area contributed by atoms with E-state index in [0.29, 0.717) is 22.9 Å². The Balaban J connectivity index is 2.10. The van der Waals surface area contributed by atoms with Crippen molar-refractivity contribution < 1.29 is 19.1 Å². The molecule has 0 radical (unpaired) electrons. The molecule has 0 bridgehead atoms.